The van der Waals surface area contributed by atoms with Crippen molar-refractivity contribution in [2.45, 2.75) is 32.7 Å². The molecule has 1 aliphatic heterocycles. The Labute approximate surface area is 196 Å². The van der Waals surface area contributed by atoms with Crippen molar-refractivity contribution >= 4 is 5.91 Å². The molecule has 1 aliphatic rings. The third kappa shape index (κ3) is 5.28. The van der Waals surface area contributed by atoms with Gasteiger partial charge >= 0.3 is 0 Å². The van der Waals surface area contributed by atoms with Crippen LogP contribution in [0.1, 0.15) is 29.7 Å². The summed E-state index contributed by atoms with van der Waals surface area (Å²) in [5, 5.41) is 4.29. The van der Waals surface area contributed by atoms with Crippen LogP contribution in [-0.2, 0) is 17.8 Å². The van der Waals surface area contributed by atoms with Crippen molar-refractivity contribution in [1.29, 1.82) is 0 Å². The minimum Gasteiger partial charge on any atom is -0.497 e. The molecule has 1 atom stereocenters. The maximum absolute atomic E-state index is 13.4. The van der Waals surface area contributed by atoms with Crippen molar-refractivity contribution in [3.63, 3.8) is 0 Å². The van der Waals surface area contributed by atoms with Gasteiger partial charge in [-0.3, -0.25) is 9.69 Å². The molecule has 33 heavy (non-hydrogen) atoms. The molecule has 4 rings (SSSR count). The topological polar surface area (TPSA) is 58.8 Å². The molecule has 0 radical (unpaired) electrons. The Bertz CT molecular complexity index is 1070. The minimum atomic E-state index is -0.529. The fourth-order valence-electron chi connectivity index (χ4n) is 4.81. The van der Waals surface area contributed by atoms with E-state index in [1.165, 1.54) is 11.1 Å². The van der Waals surface area contributed by atoms with E-state index in [2.05, 4.69) is 53.4 Å². The molecule has 0 spiro atoms. The summed E-state index contributed by atoms with van der Waals surface area (Å²) in [5.74, 6) is 1.76. The van der Waals surface area contributed by atoms with Crippen molar-refractivity contribution in [1.82, 2.24) is 15.0 Å². The number of aryl methyl sites for hydroxylation is 1. The summed E-state index contributed by atoms with van der Waals surface area (Å²) < 4.78 is 11.0. The zero-order valence-corrected chi connectivity index (χ0v) is 20.0. The third-order valence-corrected chi connectivity index (χ3v) is 6.50. The van der Waals surface area contributed by atoms with Crippen molar-refractivity contribution in [2.75, 3.05) is 34.3 Å². The minimum absolute atomic E-state index is 0.148. The second kappa shape index (κ2) is 9.79. The van der Waals surface area contributed by atoms with Gasteiger partial charge in [-0.05, 0) is 44.0 Å². The molecule has 0 bridgehead atoms. The first kappa shape index (κ1) is 23.1. The Kier molecular flexibility index (Phi) is 6.84. The van der Waals surface area contributed by atoms with Crippen LogP contribution in [-0.4, -0.2) is 55.2 Å². The van der Waals surface area contributed by atoms with Crippen molar-refractivity contribution in [3.8, 4) is 17.0 Å². The van der Waals surface area contributed by atoms with E-state index in [0.717, 1.165) is 48.7 Å². The van der Waals surface area contributed by atoms with E-state index < -0.39 is 5.41 Å². The number of piperidine rings is 1. The van der Waals surface area contributed by atoms with Crippen molar-refractivity contribution in [3.05, 3.63) is 71.5 Å². The molecular formula is C27H33N3O3. The molecule has 174 valence electrons. The molecule has 2 heterocycles. The maximum Gasteiger partial charge on any atom is 0.230 e. The van der Waals surface area contributed by atoms with Gasteiger partial charge in [0.05, 0.1) is 12.5 Å². The first-order chi connectivity index (χ1) is 15.9. The largest absolute Gasteiger partial charge is 0.497 e. The molecular weight excluding hydrogens is 414 g/mol. The summed E-state index contributed by atoms with van der Waals surface area (Å²) in [4.78, 5) is 17.5. The predicted octanol–water partition coefficient (Wildman–Crippen LogP) is 4.57. The second-order valence-corrected chi connectivity index (χ2v) is 9.36. The normalized spacial score (nSPS) is 18.8. The highest BCUT2D eigenvalue weighted by atomic mass is 16.5. The van der Waals surface area contributed by atoms with Gasteiger partial charge in [-0.15, -0.1) is 0 Å². The first-order valence-corrected chi connectivity index (χ1v) is 11.5. The van der Waals surface area contributed by atoms with Crippen LogP contribution in [0.15, 0.2) is 59.1 Å². The highest BCUT2D eigenvalue weighted by molar-refractivity contribution is 5.83. The number of nitrogens with zero attached hydrogens (tertiary/aromatic N) is 3. The van der Waals surface area contributed by atoms with Crippen LogP contribution in [0.2, 0.25) is 0 Å². The monoisotopic (exact) mass is 447 g/mol. The third-order valence-electron chi connectivity index (χ3n) is 6.50. The summed E-state index contributed by atoms with van der Waals surface area (Å²) in [6.45, 7) is 4.53. The number of aromatic nitrogens is 1. The predicted molar refractivity (Wildman–Crippen MR) is 129 cm³/mol. The maximum atomic E-state index is 13.4. The molecule has 6 nitrogen and oxygen atoms in total. The first-order valence-electron chi connectivity index (χ1n) is 11.5. The molecule has 0 saturated carbocycles. The van der Waals surface area contributed by atoms with Crippen LogP contribution in [0.3, 0.4) is 0 Å². The lowest BCUT2D eigenvalue weighted by Gasteiger charge is -2.42. The molecule has 2 aromatic carbocycles. The Balaban J connectivity index is 1.54. The van der Waals surface area contributed by atoms with E-state index in [-0.39, 0.29) is 5.91 Å². The van der Waals surface area contributed by atoms with E-state index in [1.807, 2.05) is 32.3 Å². The van der Waals surface area contributed by atoms with Gasteiger partial charge in [0.15, 0.2) is 0 Å². The number of likely N-dealkylation sites (tertiary alicyclic amines) is 1. The van der Waals surface area contributed by atoms with Gasteiger partial charge < -0.3 is 14.2 Å². The van der Waals surface area contributed by atoms with Gasteiger partial charge in [0.2, 0.25) is 5.91 Å². The number of carbonyl (C=O) groups excluding carboxylic acids is 1. The number of hydrogen-bond acceptors (Lipinski definition) is 5. The lowest BCUT2D eigenvalue weighted by molar-refractivity contribution is -0.143. The lowest BCUT2D eigenvalue weighted by atomic mass is 9.75. The average Bonchev–Trinajstić information content (AvgIpc) is 3.28. The zero-order valence-electron chi connectivity index (χ0n) is 20.0. The molecule has 1 aromatic heterocycles. The Morgan fingerprint density at radius 1 is 1.15 bits per heavy atom. The zero-order chi connectivity index (χ0) is 23.4. The van der Waals surface area contributed by atoms with E-state index in [9.17, 15) is 4.79 Å². The van der Waals surface area contributed by atoms with Gasteiger partial charge in [-0.25, -0.2) is 0 Å². The van der Waals surface area contributed by atoms with Crippen LogP contribution in [0.5, 0.6) is 5.75 Å². The fraction of sp³-hybridized carbons (Fsp3) is 0.407. The molecule has 0 unspecified atom stereocenters. The van der Waals surface area contributed by atoms with Gasteiger partial charge in [0, 0.05) is 45.2 Å². The summed E-state index contributed by atoms with van der Waals surface area (Å²) in [5.41, 5.74) is 3.72. The molecule has 6 heteroatoms. The second-order valence-electron chi connectivity index (χ2n) is 9.36. The van der Waals surface area contributed by atoms with E-state index >= 15 is 0 Å². The number of carbonyl (C=O) groups is 1. The quantitative estimate of drug-likeness (QED) is 0.531. The fourth-order valence-corrected chi connectivity index (χ4v) is 4.81. The van der Waals surface area contributed by atoms with Gasteiger partial charge in [-0.2, -0.15) is 0 Å². The van der Waals surface area contributed by atoms with Crippen LogP contribution in [0, 0.1) is 12.3 Å². The Morgan fingerprint density at radius 2 is 1.88 bits per heavy atom. The summed E-state index contributed by atoms with van der Waals surface area (Å²) >= 11 is 0. The van der Waals surface area contributed by atoms with Crippen molar-refractivity contribution in [2.24, 2.45) is 5.41 Å². The number of methoxy groups -OCH3 is 1. The Morgan fingerprint density at radius 3 is 2.55 bits per heavy atom. The number of ether oxygens (including phenoxy) is 1. The van der Waals surface area contributed by atoms with Gasteiger partial charge in [-0.1, -0.05) is 47.1 Å². The molecule has 0 aliphatic carbocycles. The smallest absolute Gasteiger partial charge is 0.230 e. The average molecular weight is 448 g/mol. The Hall–Kier alpha value is -3.12. The van der Waals surface area contributed by atoms with Crippen molar-refractivity contribution < 1.29 is 14.1 Å². The number of benzene rings is 2. The number of rotatable bonds is 7. The van der Waals surface area contributed by atoms with E-state index in [0.29, 0.717) is 13.0 Å². The number of amides is 1. The van der Waals surface area contributed by atoms with Gasteiger partial charge in [0.25, 0.3) is 0 Å². The standard InChI is InChI=1S/C27H33N3O3/c1-20-6-10-22(11-7-20)25-16-24(33-28-25)17-27(26(31)29(2)3)14-5-15-30(19-27)18-21-8-12-23(32-4)13-9-21/h6-13,16H,5,14-15,17-19H2,1-4H3/t27-/m1/s1. The summed E-state index contributed by atoms with van der Waals surface area (Å²) in [6.07, 6.45) is 2.35. The summed E-state index contributed by atoms with van der Waals surface area (Å²) in [6, 6.07) is 18.4. The molecule has 1 amide bonds. The van der Waals surface area contributed by atoms with E-state index in [4.69, 9.17) is 9.26 Å². The molecule has 1 saturated heterocycles. The molecule has 0 N–H and O–H groups in total. The van der Waals surface area contributed by atoms with Crippen LogP contribution in [0.25, 0.3) is 11.3 Å². The highest BCUT2D eigenvalue weighted by Gasteiger charge is 2.44. The summed E-state index contributed by atoms with van der Waals surface area (Å²) in [7, 11) is 5.35. The number of hydrogen-bond donors (Lipinski definition) is 0. The molecule has 3 aromatic rings. The van der Waals surface area contributed by atoms with Crippen LogP contribution < -0.4 is 4.74 Å². The highest BCUT2D eigenvalue weighted by Crippen LogP contribution is 2.37. The molecule has 1 fully saturated rings. The SMILES string of the molecule is COc1ccc(CN2CCC[C@](Cc3cc(-c4ccc(C)cc4)no3)(C(=O)N(C)C)C2)cc1. The lowest BCUT2D eigenvalue weighted by Crippen LogP contribution is -2.52. The van der Waals surface area contributed by atoms with E-state index in [1.54, 1.807) is 12.0 Å². The van der Waals surface area contributed by atoms with Crippen LogP contribution >= 0.6 is 0 Å². The van der Waals surface area contributed by atoms with Gasteiger partial charge in [0.1, 0.15) is 17.2 Å². The van der Waals surface area contributed by atoms with Crippen LogP contribution in [0.4, 0.5) is 0 Å².